The SMILES string of the molecule is c1ccc(C2=C(c3cccc(-c4ccccc4)c3)[Si]3(C(c4cccc(-c5ccccc5)c4)=C2c2ccccc2)c2ccccc2-c2ccccc23)cc1. The largest absolute Gasteiger partial charge is 0.183 e. The summed E-state index contributed by atoms with van der Waals surface area (Å²) in [6.07, 6.45) is 0. The van der Waals surface area contributed by atoms with Crippen LogP contribution in [-0.4, -0.2) is 8.07 Å². The van der Waals surface area contributed by atoms with Crippen LogP contribution in [0.4, 0.5) is 0 Å². The van der Waals surface area contributed by atoms with E-state index in [4.69, 9.17) is 0 Å². The van der Waals surface area contributed by atoms with Crippen molar-refractivity contribution in [2.75, 3.05) is 0 Å². The first-order valence-electron chi connectivity index (χ1n) is 18.4. The zero-order chi connectivity index (χ0) is 35.2. The van der Waals surface area contributed by atoms with Gasteiger partial charge in [-0.05, 0) is 99.7 Å². The molecule has 248 valence electrons. The molecule has 8 aromatic carbocycles. The molecule has 0 fully saturated rings. The molecule has 0 aliphatic carbocycles. The van der Waals surface area contributed by atoms with Gasteiger partial charge in [-0.25, -0.2) is 0 Å². The molecular formula is C52H36Si. The van der Waals surface area contributed by atoms with Crippen LogP contribution in [0.3, 0.4) is 0 Å². The van der Waals surface area contributed by atoms with Crippen LogP contribution in [0.25, 0.3) is 54.9 Å². The third kappa shape index (κ3) is 4.97. The molecule has 0 amide bonds. The summed E-state index contributed by atoms with van der Waals surface area (Å²) in [5.74, 6) is 0. The highest BCUT2D eigenvalue weighted by molar-refractivity contribution is 7.31. The number of benzene rings is 8. The molecule has 0 nitrogen and oxygen atoms in total. The molecule has 0 saturated carbocycles. The summed E-state index contributed by atoms with van der Waals surface area (Å²) in [4.78, 5) is 0. The molecule has 0 saturated heterocycles. The summed E-state index contributed by atoms with van der Waals surface area (Å²) in [7, 11) is -3.03. The van der Waals surface area contributed by atoms with Crippen molar-refractivity contribution in [1.29, 1.82) is 0 Å². The lowest BCUT2D eigenvalue weighted by Crippen LogP contribution is -2.56. The molecule has 0 N–H and O–H groups in total. The van der Waals surface area contributed by atoms with Crippen molar-refractivity contribution in [3.05, 3.63) is 241 Å². The highest BCUT2D eigenvalue weighted by Gasteiger charge is 2.57. The van der Waals surface area contributed by atoms with Crippen molar-refractivity contribution in [2.45, 2.75) is 0 Å². The van der Waals surface area contributed by atoms with Crippen molar-refractivity contribution in [1.82, 2.24) is 0 Å². The summed E-state index contributed by atoms with van der Waals surface area (Å²) in [5, 5.41) is 5.83. The Hall–Kier alpha value is -6.54. The number of rotatable bonds is 6. The van der Waals surface area contributed by atoms with Gasteiger partial charge in [0.2, 0.25) is 0 Å². The fourth-order valence-corrected chi connectivity index (χ4v) is 15.0. The Kier molecular flexibility index (Phi) is 7.60. The van der Waals surface area contributed by atoms with Crippen molar-refractivity contribution in [3.8, 4) is 33.4 Å². The molecule has 1 heteroatoms. The summed E-state index contributed by atoms with van der Waals surface area (Å²) >= 11 is 0. The Morgan fingerprint density at radius 3 is 0.925 bits per heavy atom. The molecule has 0 radical (unpaired) electrons. The Labute approximate surface area is 312 Å². The topological polar surface area (TPSA) is 0 Å². The minimum atomic E-state index is -3.03. The minimum Gasteiger partial charge on any atom is -0.0623 e. The minimum absolute atomic E-state index is 1.23. The standard InChI is InChI=1S/C52H36Si/c1-5-19-37(20-6-1)41-27-17-29-43(35-41)51-49(39-23-9-3-10-24-39)50(40-25-11-4-12-26-40)52(44-30-18-28-42(36-44)38-21-7-2-8-22-38)53(51)47-33-15-13-31-45(47)46-32-14-16-34-48(46)53/h1-36H. The summed E-state index contributed by atoms with van der Waals surface area (Å²) in [6.45, 7) is 0. The van der Waals surface area contributed by atoms with E-state index < -0.39 is 8.07 Å². The van der Waals surface area contributed by atoms with Crippen LogP contribution in [0.2, 0.25) is 0 Å². The zero-order valence-corrected chi connectivity index (χ0v) is 30.3. The fourth-order valence-electron chi connectivity index (χ4n) is 9.00. The third-order valence-electron chi connectivity index (χ3n) is 11.1. The monoisotopic (exact) mass is 688 g/mol. The molecule has 0 aromatic heterocycles. The average Bonchev–Trinajstić information content (AvgIpc) is 3.73. The maximum Gasteiger partial charge on any atom is 0.183 e. The molecule has 10 rings (SSSR count). The van der Waals surface area contributed by atoms with E-state index in [9.17, 15) is 0 Å². The summed E-state index contributed by atoms with van der Waals surface area (Å²) in [6, 6.07) is 81.2. The predicted octanol–water partition coefficient (Wildman–Crippen LogP) is 11.9. The molecule has 0 unspecified atom stereocenters. The fraction of sp³-hybridized carbons (Fsp3) is 0. The normalized spacial score (nSPS) is 14.0. The van der Waals surface area contributed by atoms with Gasteiger partial charge in [-0.15, -0.1) is 0 Å². The second-order valence-electron chi connectivity index (χ2n) is 14.0. The highest BCUT2D eigenvalue weighted by atomic mass is 28.3. The molecule has 2 heterocycles. The first-order chi connectivity index (χ1) is 26.3. The molecule has 0 bridgehead atoms. The van der Waals surface area contributed by atoms with Gasteiger partial charge in [-0.3, -0.25) is 0 Å². The van der Waals surface area contributed by atoms with Crippen LogP contribution >= 0.6 is 0 Å². The predicted molar refractivity (Wildman–Crippen MR) is 227 cm³/mol. The smallest absolute Gasteiger partial charge is 0.0623 e. The van der Waals surface area contributed by atoms with E-state index in [0.717, 1.165) is 0 Å². The Morgan fingerprint density at radius 2 is 0.528 bits per heavy atom. The van der Waals surface area contributed by atoms with Crippen LogP contribution in [0.15, 0.2) is 218 Å². The van der Waals surface area contributed by atoms with Crippen LogP contribution < -0.4 is 10.4 Å². The maximum atomic E-state index is 2.46. The van der Waals surface area contributed by atoms with Crippen molar-refractivity contribution in [3.63, 3.8) is 0 Å². The molecule has 53 heavy (non-hydrogen) atoms. The first kappa shape index (κ1) is 31.2. The molecule has 8 aromatic rings. The van der Waals surface area contributed by atoms with Gasteiger partial charge in [0.15, 0.2) is 8.07 Å². The quantitative estimate of drug-likeness (QED) is 0.153. The van der Waals surface area contributed by atoms with E-state index in [1.807, 2.05) is 0 Å². The van der Waals surface area contributed by atoms with E-state index in [0.29, 0.717) is 0 Å². The zero-order valence-electron chi connectivity index (χ0n) is 29.3. The van der Waals surface area contributed by atoms with Crippen molar-refractivity contribution >= 4 is 40.0 Å². The van der Waals surface area contributed by atoms with Crippen LogP contribution in [0, 0.1) is 0 Å². The van der Waals surface area contributed by atoms with Gasteiger partial charge >= 0.3 is 0 Å². The molecule has 0 atom stereocenters. The van der Waals surface area contributed by atoms with Crippen LogP contribution in [-0.2, 0) is 0 Å². The molecule has 2 aliphatic heterocycles. The second kappa shape index (κ2) is 12.9. The number of fused-ring (bicyclic) bond motifs is 5. The van der Waals surface area contributed by atoms with Gasteiger partial charge in [0.25, 0.3) is 0 Å². The van der Waals surface area contributed by atoms with E-state index >= 15 is 0 Å². The van der Waals surface area contributed by atoms with Crippen LogP contribution in [0.1, 0.15) is 22.3 Å². The number of hydrogen-bond donors (Lipinski definition) is 0. The van der Waals surface area contributed by atoms with Gasteiger partial charge in [-0.2, -0.15) is 0 Å². The molecule has 1 spiro atoms. The highest BCUT2D eigenvalue weighted by Crippen LogP contribution is 2.58. The van der Waals surface area contributed by atoms with Crippen molar-refractivity contribution < 1.29 is 0 Å². The van der Waals surface area contributed by atoms with Gasteiger partial charge < -0.3 is 0 Å². The number of allylic oxidation sites excluding steroid dienone is 2. The van der Waals surface area contributed by atoms with Gasteiger partial charge in [0.1, 0.15) is 0 Å². The van der Waals surface area contributed by atoms with Gasteiger partial charge in [0.05, 0.1) is 0 Å². The maximum absolute atomic E-state index is 3.03. The Morgan fingerprint density at radius 1 is 0.226 bits per heavy atom. The Balaban J connectivity index is 1.41. The second-order valence-corrected chi connectivity index (χ2v) is 17.5. The van der Waals surface area contributed by atoms with Gasteiger partial charge in [-0.1, -0.05) is 206 Å². The number of hydrogen-bond acceptors (Lipinski definition) is 0. The Bertz CT molecular complexity index is 2500. The van der Waals surface area contributed by atoms with E-state index in [1.54, 1.807) is 0 Å². The van der Waals surface area contributed by atoms with E-state index in [-0.39, 0.29) is 0 Å². The lowest BCUT2D eigenvalue weighted by atomic mass is 9.88. The lowest BCUT2D eigenvalue weighted by Gasteiger charge is -2.33. The lowest BCUT2D eigenvalue weighted by molar-refractivity contribution is 1.57. The summed E-state index contributed by atoms with van der Waals surface area (Å²) in [5.41, 5.74) is 15.3. The average molecular weight is 689 g/mol. The van der Waals surface area contributed by atoms with E-state index in [1.165, 1.54) is 87.5 Å². The van der Waals surface area contributed by atoms with Gasteiger partial charge in [0, 0.05) is 0 Å². The first-order valence-corrected chi connectivity index (χ1v) is 20.4. The van der Waals surface area contributed by atoms with E-state index in [2.05, 4.69) is 218 Å². The molecule has 2 aliphatic rings. The molecular weight excluding hydrogens is 653 g/mol. The summed E-state index contributed by atoms with van der Waals surface area (Å²) < 4.78 is 0. The van der Waals surface area contributed by atoms with Crippen LogP contribution in [0.5, 0.6) is 0 Å². The van der Waals surface area contributed by atoms with Crippen molar-refractivity contribution in [2.24, 2.45) is 0 Å². The third-order valence-corrected chi connectivity index (χ3v) is 16.2.